The van der Waals surface area contributed by atoms with Crippen molar-refractivity contribution >= 4 is 53.0 Å². The minimum absolute atomic E-state index is 0.0825. The molecule has 1 saturated heterocycles. The Bertz CT molecular complexity index is 216. The van der Waals surface area contributed by atoms with Gasteiger partial charge in [0.15, 0.2) is 0 Å². The number of nitrogens with one attached hydrogen (secondary N) is 1. The number of amides is 2. The molecule has 66 valence electrons. The van der Waals surface area contributed by atoms with E-state index in [9.17, 15) is 9.59 Å². The van der Waals surface area contributed by atoms with Crippen LogP contribution in [0.5, 0.6) is 0 Å². The van der Waals surface area contributed by atoms with E-state index in [2.05, 4.69) is 5.23 Å². The average molecular weight is 298 g/mol. The van der Waals surface area contributed by atoms with E-state index in [1.54, 1.807) is 22.9 Å². The van der Waals surface area contributed by atoms with Crippen molar-refractivity contribution < 1.29 is 9.59 Å². The zero-order valence-corrected chi connectivity index (χ0v) is 9.52. The van der Waals surface area contributed by atoms with Crippen molar-refractivity contribution in [2.24, 2.45) is 0 Å². The largest absolute Gasteiger partial charge is 0.352 e. The molecule has 0 spiro atoms. The molecular formula is C5H8BIN2O2S. The Balaban J connectivity index is 2.47. The summed E-state index contributed by atoms with van der Waals surface area (Å²) in [5.41, 5.74) is 0. The first-order valence-corrected chi connectivity index (χ1v) is 5.47. The van der Waals surface area contributed by atoms with Crippen LogP contribution < -0.4 is 5.23 Å². The normalized spacial score (nSPS) is 23.5. The predicted octanol–water partition coefficient (Wildman–Crippen LogP) is -0.317. The number of hydrogen-bond donors (Lipinski definition) is 1. The number of rotatable bonds is 3. The Morgan fingerprint density at radius 2 is 2.42 bits per heavy atom. The molecular weight excluding hydrogens is 290 g/mol. The van der Waals surface area contributed by atoms with Gasteiger partial charge in [-0.3, -0.25) is 9.59 Å². The maximum absolute atomic E-state index is 11.3. The fourth-order valence-electron chi connectivity index (χ4n) is 0.890. The summed E-state index contributed by atoms with van der Waals surface area (Å²) >= 11 is 3.22. The summed E-state index contributed by atoms with van der Waals surface area (Å²) in [5, 5.41) is 2.74. The highest BCUT2D eigenvalue weighted by atomic mass is 127. The molecule has 1 N–H and O–H groups in total. The van der Waals surface area contributed by atoms with Gasteiger partial charge in [-0.25, -0.2) is 3.11 Å². The lowest BCUT2D eigenvalue weighted by Gasteiger charge is -2.04. The Hall–Kier alpha value is 0.245. The van der Waals surface area contributed by atoms with Crippen molar-refractivity contribution in [1.29, 1.82) is 0 Å². The molecule has 1 aliphatic rings. The maximum Gasteiger partial charge on any atom is 0.270 e. The van der Waals surface area contributed by atoms with Crippen molar-refractivity contribution in [3.05, 3.63) is 0 Å². The van der Waals surface area contributed by atoms with Crippen molar-refractivity contribution in [2.45, 2.75) is 11.7 Å². The van der Waals surface area contributed by atoms with Crippen LogP contribution in [-0.2, 0) is 9.59 Å². The lowest BCUT2D eigenvalue weighted by Crippen LogP contribution is -2.23. The van der Waals surface area contributed by atoms with Crippen molar-refractivity contribution in [3.63, 3.8) is 0 Å². The highest BCUT2D eigenvalue weighted by molar-refractivity contribution is 14.1. The fourth-order valence-corrected chi connectivity index (χ4v) is 2.49. The predicted molar refractivity (Wildman–Crippen MR) is 58.1 cm³/mol. The number of imide groups is 1. The molecule has 0 aromatic rings. The Kier molecular flexibility index (Phi) is 3.85. The van der Waals surface area contributed by atoms with Gasteiger partial charge >= 0.3 is 0 Å². The van der Waals surface area contributed by atoms with Crippen LogP contribution in [0.3, 0.4) is 0 Å². The molecule has 7 heteroatoms. The standard InChI is InChI=1S/C5H8BIN2O2S/c1-8-6-12-3-2-4(10)9(7)5(3)11/h3,6,8H,2H2,1H3. The molecule has 0 aromatic heterocycles. The fraction of sp³-hybridized carbons (Fsp3) is 0.600. The third kappa shape index (κ3) is 2.14. The van der Waals surface area contributed by atoms with E-state index in [1.165, 1.54) is 14.7 Å². The summed E-state index contributed by atoms with van der Waals surface area (Å²) < 4.78 is 1.17. The highest BCUT2D eigenvalue weighted by Gasteiger charge is 2.37. The summed E-state index contributed by atoms with van der Waals surface area (Å²) in [7, 11) is 1.82. The summed E-state index contributed by atoms with van der Waals surface area (Å²) in [4.78, 5) is 22.3. The zero-order chi connectivity index (χ0) is 9.14. The first-order valence-electron chi connectivity index (χ1n) is 3.45. The van der Waals surface area contributed by atoms with Crippen LogP contribution in [0, 0.1) is 0 Å². The topological polar surface area (TPSA) is 49.4 Å². The first kappa shape index (κ1) is 10.3. The highest BCUT2D eigenvalue weighted by Crippen LogP contribution is 2.25. The van der Waals surface area contributed by atoms with Gasteiger partial charge in [0.2, 0.25) is 5.91 Å². The van der Waals surface area contributed by atoms with Gasteiger partial charge < -0.3 is 5.23 Å². The second kappa shape index (κ2) is 4.47. The zero-order valence-electron chi connectivity index (χ0n) is 6.54. The van der Waals surface area contributed by atoms with Gasteiger partial charge in [-0.15, -0.1) is 0 Å². The number of hydrogen-bond acceptors (Lipinski definition) is 4. The van der Waals surface area contributed by atoms with Crippen molar-refractivity contribution in [2.75, 3.05) is 7.05 Å². The quantitative estimate of drug-likeness (QED) is 0.336. The van der Waals surface area contributed by atoms with E-state index in [1.807, 2.05) is 7.05 Å². The third-order valence-electron chi connectivity index (χ3n) is 1.48. The molecule has 12 heavy (non-hydrogen) atoms. The first-order chi connectivity index (χ1) is 5.66. The molecule has 1 aliphatic heterocycles. The molecule has 2 amide bonds. The van der Waals surface area contributed by atoms with Crippen LogP contribution in [0.2, 0.25) is 0 Å². The van der Waals surface area contributed by atoms with E-state index < -0.39 is 0 Å². The monoisotopic (exact) mass is 298 g/mol. The molecule has 1 unspecified atom stereocenters. The minimum Gasteiger partial charge on any atom is -0.352 e. The number of carbonyl (C=O) groups is 2. The van der Waals surface area contributed by atoms with Crippen LogP contribution in [0.15, 0.2) is 0 Å². The van der Waals surface area contributed by atoms with E-state index in [0.29, 0.717) is 13.1 Å². The maximum atomic E-state index is 11.3. The molecule has 1 rings (SSSR count). The average Bonchev–Trinajstić information content (AvgIpc) is 2.30. The van der Waals surface area contributed by atoms with Gasteiger partial charge in [0, 0.05) is 6.42 Å². The number of carbonyl (C=O) groups excluding carboxylic acids is 2. The van der Waals surface area contributed by atoms with Gasteiger partial charge in [-0.1, -0.05) is 0 Å². The summed E-state index contributed by atoms with van der Waals surface area (Å²) in [6.07, 6.45) is 0.341. The molecule has 1 atom stereocenters. The molecule has 0 bridgehead atoms. The van der Waals surface area contributed by atoms with Gasteiger partial charge in [0.05, 0.1) is 28.1 Å². The van der Waals surface area contributed by atoms with Crippen LogP contribution in [-0.4, -0.2) is 33.9 Å². The third-order valence-corrected chi connectivity index (χ3v) is 3.72. The van der Waals surface area contributed by atoms with Crippen molar-refractivity contribution in [3.8, 4) is 0 Å². The Morgan fingerprint density at radius 1 is 1.75 bits per heavy atom. The van der Waals surface area contributed by atoms with Crippen LogP contribution in [0.25, 0.3) is 0 Å². The number of nitrogens with zero attached hydrogens (tertiary/aromatic N) is 1. The Morgan fingerprint density at radius 3 is 2.83 bits per heavy atom. The smallest absolute Gasteiger partial charge is 0.270 e. The summed E-state index contributed by atoms with van der Waals surface area (Å²) in [5.74, 6) is -0.171. The molecule has 0 aromatic carbocycles. The SMILES string of the molecule is CNBSC1CC(=O)N(I)C1=O. The molecule has 0 saturated carbocycles. The van der Waals surface area contributed by atoms with E-state index >= 15 is 0 Å². The van der Waals surface area contributed by atoms with Gasteiger partial charge in [-0.05, 0) is 7.05 Å². The van der Waals surface area contributed by atoms with E-state index in [-0.39, 0.29) is 17.1 Å². The molecule has 0 aliphatic carbocycles. The molecule has 0 radical (unpaired) electrons. The molecule has 4 nitrogen and oxygen atoms in total. The van der Waals surface area contributed by atoms with Gasteiger partial charge in [0.1, 0.15) is 0 Å². The second-order valence-corrected chi connectivity index (χ2v) is 4.53. The van der Waals surface area contributed by atoms with Crippen LogP contribution in [0.4, 0.5) is 0 Å². The van der Waals surface area contributed by atoms with Gasteiger partial charge in [0.25, 0.3) is 12.6 Å². The summed E-state index contributed by atoms with van der Waals surface area (Å²) in [6, 6.07) is 0. The second-order valence-electron chi connectivity index (χ2n) is 2.37. The van der Waals surface area contributed by atoms with Gasteiger partial charge in [-0.2, -0.15) is 11.6 Å². The summed E-state index contributed by atoms with van der Waals surface area (Å²) in [6.45, 7) is 0.703. The van der Waals surface area contributed by atoms with E-state index in [4.69, 9.17) is 0 Å². The molecule has 1 fully saturated rings. The minimum atomic E-state index is -0.179. The van der Waals surface area contributed by atoms with Crippen molar-refractivity contribution in [1.82, 2.24) is 8.34 Å². The number of halogens is 1. The Labute approximate surface area is 89.5 Å². The lowest BCUT2D eigenvalue weighted by molar-refractivity contribution is -0.130. The van der Waals surface area contributed by atoms with Crippen LogP contribution in [0.1, 0.15) is 6.42 Å². The van der Waals surface area contributed by atoms with E-state index in [0.717, 1.165) is 0 Å². The lowest BCUT2D eigenvalue weighted by atomic mass is 10.3. The van der Waals surface area contributed by atoms with Crippen LogP contribution >= 0.6 is 34.5 Å². The molecule has 1 heterocycles.